The van der Waals surface area contributed by atoms with Crippen LogP contribution in [0.4, 0.5) is 4.79 Å². The summed E-state index contributed by atoms with van der Waals surface area (Å²) in [5.41, 5.74) is 0. The first-order chi connectivity index (χ1) is 16.4. The summed E-state index contributed by atoms with van der Waals surface area (Å²) in [6.45, 7) is 4.11. The fraction of sp³-hybridized carbons (Fsp3) is 0.680. The van der Waals surface area contributed by atoms with E-state index in [1.807, 2.05) is 6.07 Å². The van der Waals surface area contributed by atoms with Gasteiger partial charge < -0.3 is 14.5 Å². The van der Waals surface area contributed by atoms with Crippen molar-refractivity contribution in [3.05, 3.63) is 30.3 Å². The maximum absolute atomic E-state index is 13.7. The Labute approximate surface area is 203 Å². The number of piperidine rings is 1. The number of piperazine rings is 1. The predicted molar refractivity (Wildman–Crippen MR) is 129 cm³/mol. The standard InChI is InChI=1S/C25H37N3O5S/c1-2-33-25(30)27-17-15-26(16-18-27)24(29)21-13-14-23(20-9-5-3-6-10-20)28(19-21)34(31,32)22-11-7-4-8-12-22/h4,7-8,11-12,20-21,23H,2-3,5-6,9-10,13-19H2,1H3. The van der Waals surface area contributed by atoms with Gasteiger partial charge in [-0.25, -0.2) is 13.2 Å². The Morgan fingerprint density at radius 1 is 0.912 bits per heavy atom. The molecular weight excluding hydrogens is 454 g/mol. The van der Waals surface area contributed by atoms with E-state index < -0.39 is 10.0 Å². The van der Waals surface area contributed by atoms with E-state index >= 15 is 0 Å². The van der Waals surface area contributed by atoms with Crippen LogP contribution >= 0.6 is 0 Å². The van der Waals surface area contributed by atoms with Crippen molar-refractivity contribution in [1.29, 1.82) is 0 Å². The highest BCUT2D eigenvalue weighted by Crippen LogP contribution is 2.38. The van der Waals surface area contributed by atoms with E-state index in [0.717, 1.165) is 32.1 Å². The van der Waals surface area contributed by atoms with Gasteiger partial charge in [-0.15, -0.1) is 0 Å². The monoisotopic (exact) mass is 491 g/mol. The normalized spacial score (nSPS) is 25.2. The zero-order valence-electron chi connectivity index (χ0n) is 20.1. The lowest BCUT2D eigenvalue weighted by molar-refractivity contribution is -0.139. The summed E-state index contributed by atoms with van der Waals surface area (Å²) in [5.74, 6) is 0.00254. The molecule has 0 aromatic heterocycles. The molecule has 2 amide bonds. The summed E-state index contributed by atoms with van der Waals surface area (Å²) in [7, 11) is -3.69. The SMILES string of the molecule is CCOC(=O)N1CCN(C(=O)C2CCC(C3CCCCC3)N(S(=O)(=O)c3ccccc3)C2)CC1. The Hall–Kier alpha value is -2.13. The molecule has 2 atom stereocenters. The molecule has 2 heterocycles. The van der Waals surface area contributed by atoms with Crippen LogP contribution in [0.2, 0.25) is 0 Å². The van der Waals surface area contributed by atoms with Gasteiger partial charge in [-0.2, -0.15) is 4.31 Å². The van der Waals surface area contributed by atoms with Crippen LogP contribution in [-0.4, -0.2) is 79.9 Å². The zero-order valence-corrected chi connectivity index (χ0v) is 20.9. The lowest BCUT2D eigenvalue weighted by Gasteiger charge is -2.44. The molecule has 3 fully saturated rings. The number of carbonyl (C=O) groups is 2. The minimum Gasteiger partial charge on any atom is -0.450 e. The molecule has 3 aliphatic rings. The number of amides is 2. The molecule has 1 aromatic carbocycles. The molecule has 0 spiro atoms. The molecule has 2 unspecified atom stereocenters. The van der Waals surface area contributed by atoms with Gasteiger partial charge in [0.15, 0.2) is 0 Å². The van der Waals surface area contributed by atoms with Crippen molar-refractivity contribution in [2.24, 2.45) is 11.8 Å². The summed E-state index contributed by atoms with van der Waals surface area (Å²) in [5, 5.41) is 0. The first kappa shape index (κ1) is 25.0. The van der Waals surface area contributed by atoms with E-state index in [2.05, 4.69) is 0 Å². The number of benzene rings is 1. The molecule has 0 radical (unpaired) electrons. The van der Waals surface area contributed by atoms with E-state index in [4.69, 9.17) is 4.74 Å². The van der Waals surface area contributed by atoms with Crippen LogP contribution in [-0.2, 0) is 19.6 Å². The fourth-order valence-corrected chi connectivity index (χ4v) is 7.52. The van der Waals surface area contributed by atoms with Crippen molar-refractivity contribution >= 4 is 22.0 Å². The first-order valence-corrected chi connectivity index (χ1v) is 14.1. The van der Waals surface area contributed by atoms with Crippen LogP contribution in [0, 0.1) is 11.8 Å². The maximum atomic E-state index is 13.7. The summed E-state index contributed by atoms with van der Waals surface area (Å²) < 4.78 is 34.1. The Kier molecular flexibility index (Phi) is 8.14. The van der Waals surface area contributed by atoms with Crippen LogP contribution < -0.4 is 0 Å². The molecule has 1 aromatic rings. The number of ether oxygens (including phenoxy) is 1. The average molecular weight is 492 g/mol. The Morgan fingerprint density at radius 3 is 2.21 bits per heavy atom. The van der Waals surface area contributed by atoms with Crippen LogP contribution in [0.5, 0.6) is 0 Å². The van der Waals surface area contributed by atoms with Gasteiger partial charge in [0.05, 0.1) is 17.4 Å². The van der Waals surface area contributed by atoms with Crippen LogP contribution in [0.15, 0.2) is 35.2 Å². The number of nitrogens with zero attached hydrogens (tertiary/aromatic N) is 3. The van der Waals surface area contributed by atoms with E-state index in [-0.39, 0.29) is 30.5 Å². The van der Waals surface area contributed by atoms with Gasteiger partial charge in [-0.05, 0) is 50.7 Å². The van der Waals surface area contributed by atoms with Crippen molar-refractivity contribution in [2.75, 3.05) is 39.3 Å². The summed E-state index contributed by atoms with van der Waals surface area (Å²) in [6, 6.07) is 8.56. The van der Waals surface area contributed by atoms with Gasteiger partial charge in [-0.3, -0.25) is 4.79 Å². The van der Waals surface area contributed by atoms with Gasteiger partial charge in [0.25, 0.3) is 0 Å². The molecule has 8 nitrogen and oxygen atoms in total. The van der Waals surface area contributed by atoms with Gasteiger partial charge in [-0.1, -0.05) is 37.5 Å². The van der Waals surface area contributed by atoms with Gasteiger partial charge in [0.2, 0.25) is 15.9 Å². The fourth-order valence-electron chi connectivity index (χ4n) is 5.74. The third kappa shape index (κ3) is 5.40. The smallest absolute Gasteiger partial charge is 0.409 e. The molecule has 9 heteroatoms. The van der Waals surface area contributed by atoms with E-state index in [1.54, 1.807) is 45.3 Å². The molecule has 2 aliphatic heterocycles. The second kappa shape index (κ2) is 11.1. The highest BCUT2D eigenvalue weighted by Gasteiger charge is 2.43. The molecule has 2 saturated heterocycles. The lowest BCUT2D eigenvalue weighted by Crippen LogP contribution is -2.56. The second-order valence-corrected chi connectivity index (χ2v) is 11.5. The molecule has 34 heavy (non-hydrogen) atoms. The number of hydrogen-bond acceptors (Lipinski definition) is 5. The summed E-state index contributed by atoms with van der Waals surface area (Å²) in [4.78, 5) is 29.1. The molecule has 188 valence electrons. The lowest BCUT2D eigenvalue weighted by atomic mass is 9.79. The van der Waals surface area contributed by atoms with Crippen LogP contribution in [0.25, 0.3) is 0 Å². The maximum Gasteiger partial charge on any atom is 0.409 e. The van der Waals surface area contributed by atoms with Crippen molar-refractivity contribution < 1.29 is 22.7 Å². The third-order valence-electron chi connectivity index (χ3n) is 7.59. The van der Waals surface area contributed by atoms with Crippen molar-refractivity contribution in [3.8, 4) is 0 Å². The van der Waals surface area contributed by atoms with Crippen molar-refractivity contribution in [1.82, 2.24) is 14.1 Å². The predicted octanol–water partition coefficient (Wildman–Crippen LogP) is 3.34. The molecular formula is C25H37N3O5S. The number of hydrogen-bond donors (Lipinski definition) is 0. The quantitative estimate of drug-likeness (QED) is 0.631. The largest absolute Gasteiger partial charge is 0.450 e. The molecule has 1 aliphatic carbocycles. The highest BCUT2D eigenvalue weighted by atomic mass is 32.2. The molecule has 0 N–H and O–H groups in total. The zero-order chi connectivity index (χ0) is 24.1. The minimum absolute atomic E-state index is 0.00105. The van der Waals surface area contributed by atoms with E-state index in [9.17, 15) is 18.0 Å². The molecule has 0 bridgehead atoms. The number of carbonyl (C=O) groups excluding carboxylic acids is 2. The molecule has 1 saturated carbocycles. The third-order valence-corrected chi connectivity index (χ3v) is 9.50. The highest BCUT2D eigenvalue weighted by molar-refractivity contribution is 7.89. The molecule has 4 rings (SSSR count). The van der Waals surface area contributed by atoms with Crippen LogP contribution in [0.3, 0.4) is 0 Å². The van der Waals surface area contributed by atoms with Gasteiger partial charge in [0, 0.05) is 38.8 Å². The Morgan fingerprint density at radius 2 is 1.56 bits per heavy atom. The second-order valence-electron chi connectivity index (χ2n) is 9.64. The van der Waals surface area contributed by atoms with Crippen molar-refractivity contribution in [3.63, 3.8) is 0 Å². The van der Waals surface area contributed by atoms with Gasteiger partial charge in [0.1, 0.15) is 0 Å². The summed E-state index contributed by atoms with van der Waals surface area (Å²) >= 11 is 0. The number of rotatable bonds is 5. The Balaban J connectivity index is 1.48. The van der Waals surface area contributed by atoms with E-state index in [0.29, 0.717) is 50.0 Å². The topological polar surface area (TPSA) is 87.2 Å². The average Bonchev–Trinajstić information content (AvgIpc) is 2.89. The Bertz CT molecular complexity index is 941. The van der Waals surface area contributed by atoms with E-state index in [1.165, 1.54) is 6.42 Å². The first-order valence-electron chi connectivity index (χ1n) is 12.7. The van der Waals surface area contributed by atoms with Gasteiger partial charge >= 0.3 is 6.09 Å². The van der Waals surface area contributed by atoms with Crippen molar-refractivity contribution in [2.45, 2.75) is 62.8 Å². The minimum atomic E-state index is -3.69. The number of sulfonamides is 1. The summed E-state index contributed by atoms with van der Waals surface area (Å²) in [6.07, 6.45) is 6.70. The van der Waals surface area contributed by atoms with Crippen LogP contribution in [0.1, 0.15) is 51.9 Å².